The molecule has 2 rings (SSSR count). The molecule has 0 radical (unpaired) electrons. The van der Waals surface area contributed by atoms with Crippen LogP contribution in [0.1, 0.15) is 45.2 Å². The Kier molecular flexibility index (Phi) is 9.62. The number of halogens is 2. The predicted molar refractivity (Wildman–Crippen MR) is 142 cm³/mol. The van der Waals surface area contributed by atoms with Crippen LogP contribution in [0.4, 0.5) is 5.69 Å². The standard InChI is InChI=1S/C25H33Cl2N3O4S/c1-7-22(24(32)28-25(3,4)5)29(15-18-11-9-8-10-17(18)2)23(31)16-30(35(6,33)34)21-13-19(26)12-20(27)14-21/h8-14,22H,7,15-16H2,1-6H3,(H,28,32)/t22-/m1/s1. The molecule has 1 N–H and O–H groups in total. The monoisotopic (exact) mass is 541 g/mol. The van der Waals surface area contributed by atoms with Crippen molar-refractivity contribution < 1.29 is 18.0 Å². The van der Waals surface area contributed by atoms with E-state index in [9.17, 15) is 18.0 Å². The summed E-state index contributed by atoms with van der Waals surface area (Å²) in [6, 6.07) is 11.1. The molecule has 192 valence electrons. The first-order valence-corrected chi connectivity index (χ1v) is 13.8. The lowest BCUT2D eigenvalue weighted by Crippen LogP contribution is -2.55. The Morgan fingerprint density at radius 2 is 1.63 bits per heavy atom. The van der Waals surface area contributed by atoms with Crippen molar-refractivity contribution >= 4 is 50.7 Å². The van der Waals surface area contributed by atoms with Crippen LogP contribution in [0.3, 0.4) is 0 Å². The van der Waals surface area contributed by atoms with Gasteiger partial charge in [-0.2, -0.15) is 0 Å². The molecule has 0 aromatic heterocycles. The number of amides is 2. The molecule has 2 aromatic carbocycles. The van der Waals surface area contributed by atoms with Gasteiger partial charge in [0.05, 0.1) is 11.9 Å². The summed E-state index contributed by atoms with van der Waals surface area (Å²) in [6.07, 6.45) is 1.35. The third kappa shape index (κ3) is 8.40. The second kappa shape index (κ2) is 11.6. The summed E-state index contributed by atoms with van der Waals surface area (Å²) < 4.78 is 26.3. The van der Waals surface area contributed by atoms with Crippen LogP contribution in [-0.4, -0.2) is 49.5 Å². The van der Waals surface area contributed by atoms with Gasteiger partial charge in [0.1, 0.15) is 12.6 Å². The van der Waals surface area contributed by atoms with Gasteiger partial charge in [-0.1, -0.05) is 54.4 Å². The van der Waals surface area contributed by atoms with E-state index in [1.807, 2.05) is 58.9 Å². The van der Waals surface area contributed by atoms with Crippen LogP contribution in [0.2, 0.25) is 10.0 Å². The highest BCUT2D eigenvalue weighted by atomic mass is 35.5. The molecule has 0 heterocycles. The van der Waals surface area contributed by atoms with Crippen LogP contribution in [0, 0.1) is 6.92 Å². The molecule has 1 atom stereocenters. The van der Waals surface area contributed by atoms with E-state index in [1.54, 1.807) is 0 Å². The highest BCUT2D eigenvalue weighted by Crippen LogP contribution is 2.27. The lowest BCUT2D eigenvalue weighted by Gasteiger charge is -2.34. The van der Waals surface area contributed by atoms with Gasteiger partial charge in [-0.25, -0.2) is 8.42 Å². The molecule has 0 aliphatic heterocycles. The van der Waals surface area contributed by atoms with Crippen LogP contribution < -0.4 is 9.62 Å². The number of rotatable bonds is 9. The Hall–Kier alpha value is -2.29. The van der Waals surface area contributed by atoms with Gasteiger partial charge < -0.3 is 10.2 Å². The summed E-state index contributed by atoms with van der Waals surface area (Å²) in [6.45, 7) is 8.95. The van der Waals surface area contributed by atoms with E-state index in [0.29, 0.717) is 6.42 Å². The third-order valence-corrected chi connectivity index (χ3v) is 6.88. The number of benzene rings is 2. The fourth-order valence-corrected chi connectivity index (χ4v) is 4.99. The van der Waals surface area contributed by atoms with Crippen LogP contribution >= 0.6 is 23.2 Å². The molecule has 2 amide bonds. The van der Waals surface area contributed by atoms with E-state index in [0.717, 1.165) is 21.7 Å². The molecule has 0 unspecified atom stereocenters. The topological polar surface area (TPSA) is 86.8 Å². The van der Waals surface area contributed by atoms with Crippen molar-refractivity contribution in [2.75, 3.05) is 17.1 Å². The van der Waals surface area contributed by atoms with Crippen LogP contribution in [0.5, 0.6) is 0 Å². The van der Waals surface area contributed by atoms with Crippen LogP contribution in [0.15, 0.2) is 42.5 Å². The Morgan fingerprint density at radius 1 is 1.06 bits per heavy atom. The van der Waals surface area contributed by atoms with Crippen molar-refractivity contribution in [2.45, 2.75) is 59.2 Å². The Labute approximate surface area is 218 Å². The summed E-state index contributed by atoms with van der Waals surface area (Å²) in [4.78, 5) is 28.3. The number of anilines is 1. The lowest BCUT2D eigenvalue weighted by atomic mass is 10.0. The van der Waals surface area contributed by atoms with E-state index in [4.69, 9.17) is 23.2 Å². The van der Waals surface area contributed by atoms with Crippen molar-refractivity contribution in [3.63, 3.8) is 0 Å². The number of sulfonamides is 1. The SMILES string of the molecule is CC[C@H](C(=O)NC(C)(C)C)N(Cc1ccccc1C)C(=O)CN(c1cc(Cl)cc(Cl)c1)S(C)(=O)=O. The van der Waals surface area contributed by atoms with Gasteiger partial charge in [-0.15, -0.1) is 0 Å². The zero-order chi connectivity index (χ0) is 26.6. The molecule has 0 aliphatic rings. The second-order valence-electron chi connectivity index (χ2n) is 9.51. The number of hydrogen-bond donors (Lipinski definition) is 1. The first-order chi connectivity index (χ1) is 16.1. The minimum Gasteiger partial charge on any atom is -0.350 e. The summed E-state index contributed by atoms with van der Waals surface area (Å²) in [5, 5.41) is 3.41. The molecular formula is C25H33Cl2N3O4S. The van der Waals surface area contributed by atoms with Gasteiger partial charge in [0.25, 0.3) is 0 Å². The van der Waals surface area contributed by atoms with Gasteiger partial charge in [-0.05, 0) is 63.4 Å². The third-order valence-electron chi connectivity index (χ3n) is 5.30. The van der Waals surface area contributed by atoms with Crippen LogP contribution in [-0.2, 0) is 26.2 Å². The van der Waals surface area contributed by atoms with E-state index in [-0.39, 0.29) is 28.2 Å². The molecule has 0 saturated heterocycles. The van der Waals surface area contributed by atoms with Crippen molar-refractivity contribution in [3.8, 4) is 0 Å². The van der Waals surface area contributed by atoms with E-state index < -0.39 is 34.1 Å². The van der Waals surface area contributed by atoms with Gasteiger partial charge in [0.2, 0.25) is 21.8 Å². The molecule has 0 aliphatic carbocycles. The summed E-state index contributed by atoms with van der Waals surface area (Å²) in [5.41, 5.74) is 1.48. The van der Waals surface area contributed by atoms with E-state index in [2.05, 4.69) is 5.32 Å². The Balaban J connectivity index is 2.51. The molecule has 35 heavy (non-hydrogen) atoms. The quantitative estimate of drug-likeness (QED) is 0.494. The van der Waals surface area contributed by atoms with Gasteiger partial charge in [0.15, 0.2) is 0 Å². The molecule has 0 fully saturated rings. The maximum Gasteiger partial charge on any atom is 0.244 e. The van der Waals surface area contributed by atoms with Gasteiger partial charge in [-0.3, -0.25) is 13.9 Å². The molecular weight excluding hydrogens is 509 g/mol. The van der Waals surface area contributed by atoms with Crippen molar-refractivity contribution in [3.05, 3.63) is 63.6 Å². The second-order valence-corrected chi connectivity index (χ2v) is 12.3. The summed E-state index contributed by atoms with van der Waals surface area (Å²) in [5.74, 6) is -0.829. The zero-order valence-electron chi connectivity index (χ0n) is 20.9. The molecule has 0 saturated carbocycles. The summed E-state index contributed by atoms with van der Waals surface area (Å²) >= 11 is 12.2. The minimum absolute atomic E-state index is 0.148. The zero-order valence-corrected chi connectivity index (χ0v) is 23.3. The molecule has 0 spiro atoms. The molecule has 10 heteroatoms. The van der Waals surface area contributed by atoms with Crippen molar-refractivity contribution in [1.29, 1.82) is 0 Å². The predicted octanol–water partition coefficient (Wildman–Crippen LogP) is 4.79. The molecule has 7 nitrogen and oxygen atoms in total. The highest BCUT2D eigenvalue weighted by Gasteiger charge is 2.33. The van der Waals surface area contributed by atoms with Crippen LogP contribution in [0.25, 0.3) is 0 Å². The summed E-state index contributed by atoms with van der Waals surface area (Å²) in [7, 11) is -3.87. The minimum atomic E-state index is -3.87. The fraction of sp³-hybridized carbons (Fsp3) is 0.440. The van der Waals surface area contributed by atoms with E-state index >= 15 is 0 Å². The normalized spacial score (nSPS) is 12.7. The number of carbonyl (C=O) groups is 2. The number of hydrogen-bond acceptors (Lipinski definition) is 4. The number of aryl methyl sites for hydroxylation is 1. The molecule has 2 aromatic rings. The van der Waals surface area contributed by atoms with Crippen molar-refractivity contribution in [1.82, 2.24) is 10.2 Å². The van der Waals surface area contributed by atoms with E-state index in [1.165, 1.54) is 23.1 Å². The maximum absolute atomic E-state index is 13.7. The smallest absolute Gasteiger partial charge is 0.244 e. The fourth-order valence-electron chi connectivity index (χ4n) is 3.64. The van der Waals surface area contributed by atoms with Gasteiger partial charge in [0, 0.05) is 22.1 Å². The van der Waals surface area contributed by atoms with Crippen molar-refractivity contribution in [2.24, 2.45) is 0 Å². The number of carbonyl (C=O) groups excluding carboxylic acids is 2. The van der Waals surface area contributed by atoms with Gasteiger partial charge >= 0.3 is 0 Å². The maximum atomic E-state index is 13.7. The number of nitrogens with zero attached hydrogens (tertiary/aromatic N) is 2. The lowest BCUT2D eigenvalue weighted by molar-refractivity contribution is -0.141. The Bertz CT molecular complexity index is 1160. The largest absolute Gasteiger partial charge is 0.350 e. The average Bonchev–Trinajstić information content (AvgIpc) is 2.70. The first-order valence-electron chi connectivity index (χ1n) is 11.2. The average molecular weight is 543 g/mol. The highest BCUT2D eigenvalue weighted by molar-refractivity contribution is 7.92. The number of nitrogens with one attached hydrogen (secondary N) is 1. The Morgan fingerprint density at radius 3 is 2.11 bits per heavy atom. The first kappa shape index (κ1) is 28.9. The molecule has 0 bridgehead atoms.